The second kappa shape index (κ2) is 5.68. The third kappa shape index (κ3) is 2.92. The van der Waals surface area contributed by atoms with Crippen molar-refractivity contribution in [3.05, 3.63) is 27.7 Å². The molecular weight excluding hydrogens is 308 g/mol. The molecule has 1 fully saturated rings. The van der Waals surface area contributed by atoms with Crippen LogP contribution in [0.3, 0.4) is 0 Å². The van der Waals surface area contributed by atoms with Crippen LogP contribution in [0.25, 0.3) is 10.2 Å². The molecule has 0 atom stereocenters. The average Bonchev–Trinajstić information content (AvgIpc) is 2.79. The first-order valence-electron chi connectivity index (χ1n) is 6.57. The lowest BCUT2D eigenvalue weighted by Crippen LogP contribution is -2.27. The molecule has 0 aliphatic carbocycles. The highest BCUT2D eigenvalue weighted by atomic mass is 79.9. The molecule has 2 heterocycles. The molecule has 96 valence electrons. The normalized spacial score (nSPS) is 17.4. The largest absolute Gasteiger partial charge is 0.317 e. The van der Waals surface area contributed by atoms with E-state index in [1.54, 1.807) is 0 Å². The van der Waals surface area contributed by atoms with Gasteiger partial charge in [-0.3, -0.25) is 0 Å². The van der Waals surface area contributed by atoms with Gasteiger partial charge in [-0.1, -0.05) is 15.9 Å². The van der Waals surface area contributed by atoms with E-state index >= 15 is 0 Å². The number of aromatic nitrogens is 1. The summed E-state index contributed by atoms with van der Waals surface area (Å²) in [4.78, 5) is 4.73. The third-order valence-corrected chi connectivity index (χ3v) is 5.21. The van der Waals surface area contributed by atoms with Crippen molar-refractivity contribution in [2.45, 2.75) is 25.7 Å². The van der Waals surface area contributed by atoms with Gasteiger partial charge in [0, 0.05) is 4.47 Å². The van der Waals surface area contributed by atoms with Crippen molar-refractivity contribution in [1.29, 1.82) is 0 Å². The van der Waals surface area contributed by atoms with Crippen LogP contribution in [0.1, 0.15) is 24.3 Å². The Kier molecular flexibility index (Phi) is 3.97. The molecule has 0 bridgehead atoms. The molecule has 2 aromatic rings. The minimum Gasteiger partial charge on any atom is -0.317 e. The van der Waals surface area contributed by atoms with E-state index in [2.05, 4.69) is 39.4 Å². The summed E-state index contributed by atoms with van der Waals surface area (Å²) in [5.74, 6) is 0.894. The van der Waals surface area contributed by atoms with Crippen molar-refractivity contribution < 1.29 is 0 Å². The van der Waals surface area contributed by atoms with Gasteiger partial charge in [0.25, 0.3) is 0 Å². The van der Waals surface area contributed by atoms with Crippen LogP contribution in [0.2, 0.25) is 0 Å². The maximum atomic E-state index is 4.73. The fourth-order valence-corrected chi connectivity index (χ4v) is 3.87. The number of aryl methyl sites for hydroxylation is 1. The van der Waals surface area contributed by atoms with Gasteiger partial charge in [-0.05, 0) is 62.9 Å². The molecule has 0 unspecified atom stereocenters. The lowest BCUT2D eigenvalue weighted by atomic mass is 9.93. The predicted octanol–water partition coefficient (Wildman–Crippen LogP) is 3.99. The summed E-state index contributed by atoms with van der Waals surface area (Å²) < 4.78 is 2.42. The van der Waals surface area contributed by atoms with Gasteiger partial charge in [0.05, 0.1) is 15.2 Å². The van der Waals surface area contributed by atoms with Crippen molar-refractivity contribution in [1.82, 2.24) is 10.3 Å². The Morgan fingerprint density at radius 1 is 1.33 bits per heavy atom. The van der Waals surface area contributed by atoms with E-state index in [-0.39, 0.29) is 0 Å². The molecule has 18 heavy (non-hydrogen) atoms. The Hall–Kier alpha value is -0.450. The van der Waals surface area contributed by atoms with Crippen molar-refractivity contribution in [3.8, 4) is 0 Å². The van der Waals surface area contributed by atoms with Crippen molar-refractivity contribution in [2.24, 2.45) is 5.92 Å². The number of nitrogens with zero attached hydrogens (tertiary/aromatic N) is 1. The highest BCUT2D eigenvalue weighted by molar-refractivity contribution is 9.10. The molecule has 0 amide bonds. The van der Waals surface area contributed by atoms with E-state index < -0.39 is 0 Å². The lowest BCUT2D eigenvalue weighted by Gasteiger charge is -2.21. The number of benzene rings is 1. The third-order valence-electron chi connectivity index (χ3n) is 3.62. The molecule has 1 aliphatic heterocycles. The number of hydrogen-bond donors (Lipinski definition) is 1. The van der Waals surface area contributed by atoms with Crippen LogP contribution in [-0.4, -0.2) is 18.1 Å². The molecule has 2 nitrogen and oxygen atoms in total. The van der Waals surface area contributed by atoms with Crippen molar-refractivity contribution in [2.75, 3.05) is 13.1 Å². The van der Waals surface area contributed by atoms with E-state index in [0.717, 1.165) is 22.3 Å². The lowest BCUT2D eigenvalue weighted by molar-refractivity contribution is 0.354. The topological polar surface area (TPSA) is 24.9 Å². The van der Waals surface area contributed by atoms with E-state index in [1.165, 1.54) is 42.1 Å². The zero-order valence-corrected chi connectivity index (χ0v) is 12.7. The number of fused-ring (bicyclic) bond motifs is 1. The van der Waals surface area contributed by atoms with Crippen LogP contribution in [0.5, 0.6) is 0 Å². The Labute approximate surface area is 120 Å². The maximum absolute atomic E-state index is 4.73. The standard InChI is InChI=1S/C14H17BrN2S/c15-11-2-3-13-12(9-11)17-14(18-13)4-1-10-5-7-16-8-6-10/h2-3,9-10,16H,1,4-8H2. The molecule has 1 aromatic carbocycles. The van der Waals surface area contributed by atoms with Crippen LogP contribution in [0, 0.1) is 5.92 Å². The molecule has 0 saturated carbocycles. The van der Waals surface area contributed by atoms with Gasteiger partial charge < -0.3 is 5.32 Å². The van der Waals surface area contributed by atoms with E-state index in [0.29, 0.717) is 0 Å². The Balaban J connectivity index is 1.67. The number of nitrogens with one attached hydrogen (secondary N) is 1. The Morgan fingerprint density at radius 2 is 2.17 bits per heavy atom. The number of piperidine rings is 1. The van der Waals surface area contributed by atoms with Gasteiger partial charge in [-0.25, -0.2) is 4.98 Å². The summed E-state index contributed by atoms with van der Waals surface area (Å²) in [6.45, 7) is 2.38. The summed E-state index contributed by atoms with van der Waals surface area (Å²) in [5, 5.41) is 4.72. The SMILES string of the molecule is Brc1ccc2sc(CCC3CCNCC3)nc2c1. The summed E-state index contributed by atoms with van der Waals surface area (Å²) in [6, 6.07) is 6.36. The monoisotopic (exact) mass is 324 g/mol. The highest BCUT2D eigenvalue weighted by Crippen LogP contribution is 2.27. The quantitative estimate of drug-likeness (QED) is 0.923. The van der Waals surface area contributed by atoms with Crippen LogP contribution in [-0.2, 0) is 6.42 Å². The highest BCUT2D eigenvalue weighted by Gasteiger charge is 2.14. The summed E-state index contributed by atoms with van der Waals surface area (Å²) in [7, 11) is 0. The van der Waals surface area contributed by atoms with Gasteiger partial charge in [-0.15, -0.1) is 11.3 Å². The van der Waals surface area contributed by atoms with E-state index in [1.807, 2.05) is 11.3 Å². The van der Waals surface area contributed by atoms with Crippen LogP contribution < -0.4 is 5.32 Å². The second-order valence-corrected chi connectivity index (χ2v) is 6.98. The zero-order chi connectivity index (χ0) is 12.4. The van der Waals surface area contributed by atoms with Crippen LogP contribution >= 0.6 is 27.3 Å². The van der Waals surface area contributed by atoms with Gasteiger partial charge >= 0.3 is 0 Å². The molecule has 0 radical (unpaired) electrons. The van der Waals surface area contributed by atoms with E-state index in [9.17, 15) is 0 Å². The number of halogens is 1. The average molecular weight is 325 g/mol. The van der Waals surface area contributed by atoms with Crippen LogP contribution in [0.15, 0.2) is 22.7 Å². The van der Waals surface area contributed by atoms with Gasteiger partial charge in [0.1, 0.15) is 0 Å². The molecular formula is C14H17BrN2S. The summed E-state index contributed by atoms with van der Waals surface area (Å²) in [5.41, 5.74) is 1.13. The first-order valence-corrected chi connectivity index (χ1v) is 8.18. The van der Waals surface area contributed by atoms with E-state index in [4.69, 9.17) is 4.98 Å². The number of hydrogen-bond acceptors (Lipinski definition) is 3. The summed E-state index contributed by atoms with van der Waals surface area (Å²) in [6.07, 6.45) is 5.09. The smallest absolute Gasteiger partial charge is 0.0938 e. The first-order chi connectivity index (χ1) is 8.81. The first kappa shape index (κ1) is 12.6. The fourth-order valence-electron chi connectivity index (χ4n) is 2.55. The molecule has 1 N–H and O–H groups in total. The summed E-state index contributed by atoms with van der Waals surface area (Å²) >= 11 is 5.35. The predicted molar refractivity (Wildman–Crippen MR) is 81.2 cm³/mol. The molecule has 4 heteroatoms. The van der Waals surface area contributed by atoms with Crippen molar-refractivity contribution >= 4 is 37.5 Å². The Bertz CT molecular complexity index is 532. The molecule has 0 spiro atoms. The number of thiazole rings is 1. The fraction of sp³-hybridized carbons (Fsp3) is 0.500. The van der Waals surface area contributed by atoms with Gasteiger partial charge in [-0.2, -0.15) is 0 Å². The molecule has 1 aromatic heterocycles. The Morgan fingerprint density at radius 3 is 3.00 bits per heavy atom. The zero-order valence-electron chi connectivity index (χ0n) is 10.3. The molecule has 3 rings (SSSR count). The molecule has 1 saturated heterocycles. The van der Waals surface area contributed by atoms with Crippen molar-refractivity contribution in [3.63, 3.8) is 0 Å². The minimum absolute atomic E-state index is 0.894. The maximum Gasteiger partial charge on any atom is 0.0938 e. The minimum atomic E-state index is 0.894. The van der Waals surface area contributed by atoms with Crippen LogP contribution in [0.4, 0.5) is 0 Å². The van der Waals surface area contributed by atoms with Gasteiger partial charge in [0.15, 0.2) is 0 Å². The number of rotatable bonds is 3. The van der Waals surface area contributed by atoms with Gasteiger partial charge in [0.2, 0.25) is 0 Å². The molecule has 1 aliphatic rings. The second-order valence-electron chi connectivity index (χ2n) is 4.95.